The largest absolute Gasteiger partial charge is 0.497 e. The maximum atomic E-state index is 5.91. The number of piperidine rings is 1. The van der Waals surface area contributed by atoms with E-state index in [0.29, 0.717) is 5.82 Å². The number of nitrogen functional groups attached to an aromatic ring is 1. The summed E-state index contributed by atoms with van der Waals surface area (Å²) in [5.74, 6) is 2.13. The second-order valence-corrected chi connectivity index (χ2v) is 8.42. The van der Waals surface area contributed by atoms with Crippen molar-refractivity contribution >= 4 is 27.8 Å². The van der Waals surface area contributed by atoms with Crippen LogP contribution in [0.25, 0.3) is 33.1 Å². The summed E-state index contributed by atoms with van der Waals surface area (Å²) in [6.07, 6.45) is 7.27. The van der Waals surface area contributed by atoms with E-state index in [1.807, 2.05) is 12.3 Å². The highest BCUT2D eigenvalue weighted by Gasteiger charge is 2.18. The number of hydrogen-bond acceptors (Lipinski definition) is 5. The average molecular weight is 402 g/mol. The van der Waals surface area contributed by atoms with Crippen LogP contribution in [0.5, 0.6) is 5.75 Å². The highest BCUT2D eigenvalue weighted by molar-refractivity contribution is 6.07. The van der Waals surface area contributed by atoms with Gasteiger partial charge in [-0.15, -0.1) is 0 Å². The van der Waals surface area contributed by atoms with E-state index in [2.05, 4.69) is 51.2 Å². The summed E-state index contributed by atoms with van der Waals surface area (Å²) in [5.41, 5.74) is 11.2. The number of aromatic amines is 1. The molecule has 3 N–H and O–H groups in total. The van der Waals surface area contributed by atoms with Crippen LogP contribution in [-0.2, 0) is 6.42 Å². The zero-order valence-corrected chi connectivity index (χ0v) is 17.5. The van der Waals surface area contributed by atoms with E-state index < -0.39 is 0 Å². The van der Waals surface area contributed by atoms with Gasteiger partial charge in [0.15, 0.2) is 0 Å². The number of methoxy groups -OCH3 is 1. The van der Waals surface area contributed by atoms with Gasteiger partial charge in [0.05, 0.1) is 18.8 Å². The van der Waals surface area contributed by atoms with Crippen molar-refractivity contribution in [1.82, 2.24) is 19.9 Å². The topological polar surface area (TPSA) is 80.1 Å². The number of benzene rings is 1. The molecule has 0 unspecified atom stereocenters. The van der Waals surface area contributed by atoms with Crippen molar-refractivity contribution in [3.8, 4) is 16.9 Å². The van der Waals surface area contributed by atoms with E-state index in [9.17, 15) is 0 Å². The number of nitrogens with two attached hydrogens (primary N) is 1. The first-order valence-electron chi connectivity index (χ1n) is 10.5. The molecule has 5 rings (SSSR count). The number of aromatic nitrogens is 3. The molecule has 1 aliphatic heterocycles. The third-order valence-corrected chi connectivity index (χ3v) is 6.25. The Bertz CT molecular complexity index is 1210. The minimum atomic E-state index is 0.510. The Hall–Kier alpha value is -3.12. The lowest BCUT2D eigenvalue weighted by molar-refractivity contribution is 0.219. The molecule has 0 amide bonds. The summed E-state index contributed by atoms with van der Waals surface area (Å²) in [5, 5.41) is 2.09. The van der Waals surface area contributed by atoms with Gasteiger partial charge in [0.1, 0.15) is 17.2 Å². The minimum Gasteiger partial charge on any atom is -0.497 e. The smallest absolute Gasteiger partial charge is 0.138 e. The first kappa shape index (κ1) is 18.9. The SMILES string of the molecule is COc1cc(CC2CCN(C)CC2)cc(-c2cnc3[nH]c4cnc(N)cc4c3c2)c1. The Kier molecular flexibility index (Phi) is 4.79. The van der Waals surface area contributed by atoms with Crippen LogP contribution < -0.4 is 10.5 Å². The zero-order valence-electron chi connectivity index (χ0n) is 17.5. The van der Waals surface area contributed by atoms with Crippen molar-refractivity contribution < 1.29 is 4.74 Å². The van der Waals surface area contributed by atoms with Gasteiger partial charge >= 0.3 is 0 Å². The molecule has 4 heterocycles. The number of hydrogen-bond donors (Lipinski definition) is 2. The van der Waals surface area contributed by atoms with Crippen molar-refractivity contribution in [2.45, 2.75) is 19.3 Å². The Balaban J connectivity index is 1.53. The average Bonchev–Trinajstić information content (AvgIpc) is 3.12. The lowest BCUT2D eigenvalue weighted by Crippen LogP contribution is -2.30. The second kappa shape index (κ2) is 7.61. The number of pyridine rings is 2. The second-order valence-electron chi connectivity index (χ2n) is 8.42. The molecule has 0 atom stereocenters. The Morgan fingerprint density at radius 3 is 2.67 bits per heavy atom. The molecule has 1 aromatic carbocycles. The molecule has 0 bridgehead atoms. The maximum Gasteiger partial charge on any atom is 0.138 e. The molecule has 0 saturated carbocycles. The quantitative estimate of drug-likeness (QED) is 0.534. The first-order valence-corrected chi connectivity index (χ1v) is 10.5. The van der Waals surface area contributed by atoms with Gasteiger partial charge in [0, 0.05) is 22.5 Å². The molecule has 0 radical (unpaired) electrons. The first-order chi connectivity index (χ1) is 14.6. The summed E-state index contributed by atoms with van der Waals surface area (Å²) in [6.45, 7) is 2.36. The predicted octanol–water partition coefficient (Wildman–Crippen LogP) is 4.25. The number of H-pyrrole nitrogens is 1. The number of likely N-dealkylation sites (tertiary alicyclic amines) is 1. The lowest BCUT2D eigenvalue weighted by atomic mass is 9.89. The van der Waals surface area contributed by atoms with Crippen molar-refractivity contribution in [3.05, 3.63) is 48.3 Å². The molecule has 6 heteroatoms. The molecular formula is C24H27N5O. The fourth-order valence-corrected chi connectivity index (χ4v) is 4.51. The van der Waals surface area contributed by atoms with E-state index in [4.69, 9.17) is 10.5 Å². The maximum absolute atomic E-state index is 5.91. The van der Waals surface area contributed by atoms with Gasteiger partial charge < -0.3 is 20.4 Å². The van der Waals surface area contributed by atoms with Crippen LogP contribution in [0.4, 0.5) is 5.82 Å². The fraction of sp³-hybridized carbons (Fsp3) is 0.333. The van der Waals surface area contributed by atoms with E-state index >= 15 is 0 Å². The van der Waals surface area contributed by atoms with Crippen LogP contribution in [0.2, 0.25) is 0 Å². The molecule has 1 saturated heterocycles. The molecular weight excluding hydrogens is 374 g/mol. The van der Waals surface area contributed by atoms with Crippen molar-refractivity contribution in [3.63, 3.8) is 0 Å². The molecule has 30 heavy (non-hydrogen) atoms. The van der Waals surface area contributed by atoms with Crippen LogP contribution in [0, 0.1) is 5.92 Å². The molecule has 0 aliphatic carbocycles. The normalized spacial score (nSPS) is 15.8. The molecule has 1 fully saturated rings. The summed E-state index contributed by atoms with van der Waals surface area (Å²) in [4.78, 5) is 14.6. The molecule has 4 aromatic rings. The third-order valence-electron chi connectivity index (χ3n) is 6.25. The Labute approximate surface area is 176 Å². The lowest BCUT2D eigenvalue weighted by Gasteiger charge is -2.29. The number of anilines is 1. The minimum absolute atomic E-state index is 0.510. The van der Waals surface area contributed by atoms with E-state index in [1.54, 1.807) is 13.3 Å². The molecule has 154 valence electrons. The summed E-state index contributed by atoms with van der Waals surface area (Å²) in [6, 6.07) is 10.6. The van der Waals surface area contributed by atoms with Gasteiger partial charge in [-0.3, -0.25) is 0 Å². The number of fused-ring (bicyclic) bond motifs is 3. The summed E-state index contributed by atoms with van der Waals surface area (Å²) in [7, 11) is 3.94. The van der Waals surface area contributed by atoms with Gasteiger partial charge in [-0.05, 0) is 80.7 Å². The van der Waals surface area contributed by atoms with Crippen LogP contribution in [-0.4, -0.2) is 47.1 Å². The van der Waals surface area contributed by atoms with Crippen LogP contribution in [0.3, 0.4) is 0 Å². The monoisotopic (exact) mass is 401 g/mol. The van der Waals surface area contributed by atoms with Gasteiger partial charge in [0.25, 0.3) is 0 Å². The van der Waals surface area contributed by atoms with E-state index in [0.717, 1.165) is 51.2 Å². The van der Waals surface area contributed by atoms with Gasteiger partial charge in [-0.1, -0.05) is 6.07 Å². The Morgan fingerprint density at radius 1 is 1.03 bits per heavy atom. The number of nitrogens with one attached hydrogen (secondary N) is 1. The highest BCUT2D eigenvalue weighted by atomic mass is 16.5. The van der Waals surface area contributed by atoms with Crippen molar-refractivity contribution in [2.24, 2.45) is 5.92 Å². The summed E-state index contributed by atoms with van der Waals surface area (Å²) >= 11 is 0. The van der Waals surface area contributed by atoms with Gasteiger partial charge in [-0.2, -0.15) is 0 Å². The number of rotatable bonds is 4. The standard InChI is InChI=1S/C24H27N5O/c1-29-5-3-15(4-6-29)7-16-8-17(10-19(9-16)30-2)18-11-21-20-12-23(25)26-14-22(20)28-24(21)27-13-18/h8-15H,3-7H2,1-2H3,(H2,25,26)(H,27,28). The predicted molar refractivity (Wildman–Crippen MR) is 122 cm³/mol. The van der Waals surface area contributed by atoms with Crippen LogP contribution in [0.1, 0.15) is 18.4 Å². The van der Waals surface area contributed by atoms with E-state index in [1.165, 1.54) is 31.5 Å². The van der Waals surface area contributed by atoms with Crippen LogP contribution in [0.15, 0.2) is 42.7 Å². The molecule has 0 spiro atoms. The molecule has 1 aliphatic rings. The summed E-state index contributed by atoms with van der Waals surface area (Å²) < 4.78 is 5.62. The number of nitrogens with zero attached hydrogens (tertiary/aromatic N) is 3. The number of ether oxygens (including phenoxy) is 1. The highest BCUT2D eigenvalue weighted by Crippen LogP contribution is 2.32. The van der Waals surface area contributed by atoms with Gasteiger partial charge in [0.2, 0.25) is 0 Å². The molecule has 6 nitrogen and oxygen atoms in total. The van der Waals surface area contributed by atoms with Crippen molar-refractivity contribution in [1.29, 1.82) is 0 Å². The van der Waals surface area contributed by atoms with Crippen LogP contribution >= 0.6 is 0 Å². The zero-order chi connectivity index (χ0) is 20.7. The fourth-order valence-electron chi connectivity index (χ4n) is 4.51. The molecule has 3 aromatic heterocycles. The Morgan fingerprint density at radius 2 is 1.87 bits per heavy atom. The van der Waals surface area contributed by atoms with Gasteiger partial charge in [-0.25, -0.2) is 9.97 Å². The van der Waals surface area contributed by atoms with Crippen molar-refractivity contribution in [2.75, 3.05) is 33.0 Å². The van der Waals surface area contributed by atoms with E-state index in [-0.39, 0.29) is 0 Å². The third kappa shape index (κ3) is 3.59.